The van der Waals surface area contributed by atoms with Crippen LogP contribution in [-0.4, -0.2) is 0 Å². The standard InChI is InChI=1S/C13H18/c1-3-10-9-11-7-5-6-8-13(11)12(10)4-2/h4-6,9,11,13H,3,7-8H2,1-2H3. The van der Waals surface area contributed by atoms with Crippen LogP contribution in [0.2, 0.25) is 0 Å². The summed E-state index contributed by atoms with van der Waals surface area (Å²) in [6.07, 6.45) is 13.2. The molecular weight excluding hydrogens is 156 g/mol. The van der Waals surface area contributed by atoms with Gasteiger partial charge in [0.1, 0.15) is 0 Å². The molecular formula is C13H18. The molecule has 2 unspecified atom stereocenters. The number of hydrogen-bond acceptors (Lipinski definition) is 0. The molecule has 70 valence electrons. The van der Waals surface area contributed by atoms with Gasteiger partial charge in [0.2, 0.25) is 0 Å². The van der Waals surface area contributed by atoms with Crippen molar-refractivity contribution in [3.8, 4) is 0 Å². The van der Waals surface area contributed by atoms with Gasteiger partial charge in [-0.05, 0) is 49.2 Å². The molecule has 0 heteroatoms. The summed E-state index contributed by atoms with van der Waals surface area (Å²) in [5.74, 6) is 1.62. The highest BCUT2D eigenvalue weighted by Gasteiger charge is 2.30. The lowest BCUT2D eigenvalue weighted by Gasteiger charge is -2.22. The van der Waals surface area contributed by atoms with E-state index in [9.17, 15) is 0 Å². The third-order valence-electron chi connectivity index (χ3n) is 3.36. The van der Waals surface area contributed by atoms with Gasteiger partial charge in [-0.15, -0.1) is 0 Å². The second kappa shape index (κ2) is 3.53. The van der Waals surface area contributed by atoms with Crippen molar-refractivity contribution < 1.29 is 0 Å². The molecule has 13 heavy (non-hydrogen) atoms. The number of fused-ring (bicyclic) bond motifs is 1. The maximum Gasteiger partial charge on any atom is -0.00619 e. The van der Waals surface area contributed by atoms with Crippen molar-refractivity contribution in [1.29, 1.82) is 0 Å². The Labute approximate surface area is 81.0 Å². The van der Waals surface area contributed by atoms with E-state index in [0.717, 1.165) is 11.8 Å². The molecule has 2 aliphatic carbocycles. The highest BCUT2D eigenvalue weighted by atomic mass is 14.3. The van der Waals surface area contributed by atoms with Crippen LogP contribution in [0.5, 0.6) is 0 Å². The predicted molar refractivity (Wildman–Crippen MR) is 57.5 cm³/mol. The highest BCUT2D eigenvalue weighted by Crippen LogP contribution is 2.43. The Bertz CT molecular complexity index is 278. The Hall–Kier alpha value is -0.780. The fourth-order valence-corrected chi connectivity index (χ4v) is 2.69. The Kier molecular flexibility index (Phi) is 2.39. The van der Waals surface area contributed by atoms with Gasteiger partial charge in [0.15, 0.2) is 0 Å². The summed E-state index contributed by atoms with van der Waals surface area (Å²) in [6.45, 7) is 4.44. The summed E-state index contributed by atoms with van der Waals surface area (Å²) >= 11 is 0. The largest absolute Gasteiger partial charge is 0.0879 e. The molecule has 0 N–H and O–H groups in total. The van der Waals surface area contributed by atoms with Crippen LogP contribution in [0.3, 0.4) is 0 Å². The summed E-state index contributed by atoms with van der Waals surface area (Å²) in [6, 6.07) is 0. The third kappa shape index (κ3) is 1.39. The Morgan fingerprint density at radius 1 is 1.38 bits per heavy atom. The van der Waals surface area contributed by atoms with Crippen LogP contribution >= 0.6 is 0 Å². The first kappa shape index (κ1) is 8.80. The average Bonchev–Trinajstić information content (AvgIpc) is 2.55. The topological polar surface area (TPSA) is 0 Å². The number of hydrogen-bond donors (Lipinski definition) is 0. The SMILES string of the molecule is CC=C1C(CC)=CC2CC=CCC12. The van der Waals surface area contributed by atoms with Gasteiger partial charge in [-0.2, -0.15) is 0 Å². The third-order valence-corrected chi connectivity index (χ3v) is 3.36. The molecule has 0 bridgehead atoms. The zero-order valence-corrected chi connectivity index (χ0v) is 8.59. The lowest BCUT2D eigenvalue weighted by Crippen LogP contribution is -2.11. The van der Waals surface area contributed by atoms with E-state index in [1.807, 2.05) is 0 Å². The van der Waals surface area contributed by atoms with E-state index in [1.54, 1.807) is 11.1 Å². The Morgan fingerprint density at radius 2 is 2.15 bits per heavy atom. The second-order valence-electron chi connectivity index (χ2n) is 4.00. The molecule has 0 amide bonds. The summed E-state index contributed by atoms with van der Waals surface area (Å²) < 4.78 is 0. The van der Waals surface area contributed by atoms with Crippen LogP contribution in [0, 0.1) is 11.8 Å². The molecule has 0 saturated carbocycles. The van der Waals surface area contributed by atoms with Crippen molar-refractivity contribution >= 4 is 0 Å². The van der Waals surface area contributed by atoms with Gasteiger partial charge in [0.05, 0.1) is 0 Å². The van der Waals surface area contributed by atoms with Crippen LogP contribution < -0.4 is 0 Å². The van der Waals surface area contributed by atoms with Crippen LogP contribution in [0.4, 0.5) is 0 Å². The molecule has 0 radical (unpaired) electrons. The molecule has 0 aliphatic heterocycles. The lowest BCUT2D eigenvalue weighted by atomic mass is 9.82. The van der Waals surface area contributed by atoms with Gasteiger partial charge in [0, 0.05) is 0 Å². The number of allylic oxidation sites excluding steroid dienone is 6. The normalized spacial score (nSPS) is 34.9. The Morgan fingerprint density at radius 3 is 2.85 bits per heavy atom. The van der Waals surface area contributed by atoms with Gasteiger partial charge >= 0.3 is 0 Å². The highest BCUT2D eigenvalue weighted by molar-refractivity contribution is 5.41. The fraction of sp³-hybridized carbons (Fsp3) is 0.538. The van der Waals surface area contributed by atoms with Gasteiger partial charge in [-0.1, -0.05) is 31.2 Å². The van der Waals surface area contributed by atoms with Crippen molar-refractivity contribution in [3.63, 3.8) is 0 Å². The monoisotopic (exact) mass is 174 g/mol. The van der Waals surface area contributed by atoms with E-state index < -0.39 is 0 Å². The van der Waals surface area contributed by atoms with Crippen molar-refractivity contribution in [3.05, 3.63) is 35.5 Å². The van der Waals surface area contributed by atoms with E-state index in [0.29, 0.717) is 0 Å². The van der Waals surface area contributed by atoms with Crippen LogP contribution in [0.1, 0.15) is 33.1 Å². The van der Waals surface area contributed by atoms with Gasteiger partial charge in [-0.3, -0.25) is 0 Å². The lowest BCUT2D eigenvalue weighted by molar-refractivity contribution is 0.468. The molecule has 0 fully saturated rings. The van der Waals surface area contributed by atoms with E-state index in [4.69, 9.17) is 0 Å². The van der Waals surface area contributed by atoms with E-state index in [1.165, 1.54) is 19.3 Å². The van der Waals surface area contributed by atoms with Crippen LogP contribution in [0.25, 0.3) is 0 Å². The molecule has 0 aromatic rings. The second-order valence-corrected chi connectivity index (χ2v) is 4.00. The average molecular weight is 174 g/mol. The maximum atomic E-state index is 2.50. The first-order valence-electron chi connectivity index (χ1n) is 5.39. The molecule has 2 aliphatic rings. The molecule has 0 spiro atoms. The van der Waals surface area contributed by atoms with Crippen molar-refractivity contribution in [2.45, 2.75) is 33.1 Å². The molecule has 2 atom stereocenters. The first-order valence-corrected chi connectivity index (χ1v) is 5.39. The van der Waals surface area contributed by atoms with Crippen molar-refractivity contribution in [2.75, 3.05) is 0 Å². The van der Waals surface area contributed by atoms with E-state index >= 15 is 0 Å². The summed E-state index contributed by atoms with van der Waals surface area (Å²) in [5.41, 5.74) is 3.22. The summed E-state index contributed by atoms with van der Waals surface area (Å²) in [5, 5.41) is 0. The van der Waals surface area contributed by atoms with Crippen LogP contribution in [0.15, 0.2) is 35.5 Å². The summed E-state index contributed by atoms with van der Waals surface area (Å²) in [4.78, 5) is 0. The zero-order valence-electron chi connectivity index (χ0n) is 8.59. The molecule has 0 heterocycles. The molecule has 0 nitrogen and oxygen atoms in total. The van der Waals surface area contributed by atoms with Gasteiger partial charge < -0.3 is 0 Å². The van der Waals surface area contributed by atoms with Gasteiger partial charge in [-0.25, -0.2) is 0 Å². The predicted octanol–water partition coefficient (Wildman–Crippen LogP) is 3.87. The zero-order chi connectivity index (χ0) is 9.26. The smallest absolute Gasteiger partial charge is 0.00619 e. The van der Waals surface area contributed by atoms with Gasteiger partial charge in [0.25, 0.3) is 0 Å². The maximum absolute atomic E-state index is 2.50. The fourth-order valence-electron chi connectivity index (χ4n) is 2.69. The Balaban J connectivity index is 2.28. The molecule has 2 rings (SSSR count). The van der Waals surface area contributed by atoms with Crippen molar-refractivity contribution in [2.24, 2.45) is 11.8 Å². The quantitative estimate of drug-likeness (QED) is 0.529. The van der Waals surface area contributed by atoms with E-state index in [-0.39, 0.29) is 0 Å². The molecule has 0 saturated heterocycles. The van der Waals surface area contributed by atoms with E-state index in [2.05, 4.69) is 38.2 Å². The number of rotatable bonds is 1. The van der Waals surface area contributed by atoms with Crippen LogP contribution in [-0.2, 0) is 0 Å². The molecule has 0 aromatic carbocycles. The first-order chi connectivity index (χ1) is 6.36. The minimum Gasteiger partial charge on any atom is -0.0879 e. The molecule has 0 aromatic heterocycles. The minimum absolute atomic E-state index is 0.810. The minimum atomic E-state index is 0.810. The summed E-state index contributed by atoms with van der Waals surface area (Å²) in [7, 11) is 0. The van der Waals surface area contributed by atoms with Crippen molar-refractivity contribution in [1.82, 2.24) is 0 Å².